The molecular weight excluding hydrogens is 526 g/mol. The molecule has 2 aliphatic carbocycles. The zero-order valence-electron chi connectivity index (χ0n) is 28.2. The molecule has 3 rings (SSSR count). The maximum atomic E-state index is 5.73. The number of halogens is 1. The third-order valence-corrected chi connectivity index (χ3v) is 9.27. The Morgan fingerprint density at radius 2 is 1.55 bits per heavy atom. The minimum Gasteiger partial charge on any atom is -0.303 e. The summed E-state index contributed by atoms with van der Waals surface area (Å²) in [7, 11) is -1.08. The summed E-state index contributed by atoms with van der Waals surface area (Å²) in [5.74, 6) is 12.9. The Morgan fingerprint density at radius 1 is 0.975 bits per heavy atom. The smallest absolute Gasteiger partial charge is 0.0406 e. The van der Waals surface area contributed by atoms with Gasteiger partial charge in [-0.25, -0.2) is 0 Å². The van der Waals surface area contributed by atoms with E-state index in [9.17, 15) is 0 Å². The Kier molecular flexibility index (Phi) is 21.5. The Hall–Kier alpha value is -0.700. The second-order valence-corrected chi connectivity index (χ2v) is 16.6. The Morgan fingerprint density at radius 3 is 1.98 bits per heavy atom. The van der Waals surface area contributed by atoms with Gasteiger partial charge in [0.25, 0.3) is 0 Å². The predicted octanol–water partition coefficient (Wildman–Crippen LogP) is 12.0. The molecule has 1 aromatic rings. The fourth-order valence-corrected chi connectivity index (χ4v) is 5.76. The van der Waals surface area contributed by atoms with E-state index in [1.54, 1.807) is 0 Å². The number of allylic oxidation sites excluding steroid dienone is 1. The van der Waals surface area contributed by atoms with Gasteiger partial charge in [-0.1, -0.05) is 96.6 Å². The normalized spacial score (nSPS) is 16.1. The predicted molar refractivity (Wildman–Crippen MR) is 192 cm³/mol. The standard InChI is InChI=1S/C15H28.C11H23N.C9H11ClS.C2H6/c1-12(2)8-9-13(3)6-5-7-14(4)15-10-11-15;1-4-7-12(8-10(2)3)9-11-5-6-11;1-11(2,3)9-6-4-8(10)5-7-9;1-2/h13-15H,1,5-11H2,2-4H3;10-11H,4-9H2,1-3H3;4-7H,1-2H2,3H3;1-2H3. The first kappa shape index (κ1) is 39.3. The second-order valence-electron chi connectivity index (χ2n) is 13.2. The molecule has 1 aromatic carbocycles. The monoisotopic (exact) mass is 593 g/mol. The van der Waals surface area contributed by atoms with Crippen LogP contribution in [0.5, 0.6) is 0 Å². The van der Waals surface area contributed by atoms with Gasteiger partial charge in [-0.3, -0.25) is 0 Å². The highest BCUT2D eigenvalue weighted by Crippen LogP contribution is 2.39. The van der Waals surface area contributed by atoms with Gasteiger partial charge in [-0.15, -0.1) is 6.58 Å². The summed E-state index contributed by atoms with van der Waals surface area (Å²) in [6.07, 6.45) is 16.2. The molecule has 0 bridgehead atoms. The summed E-state index contributed by atoms with van der Waals surface area (Å²) in [5.41, 5.74) is 1.34. The Labute approximate surface area is 258 Å². The molecule has 2 aliphatic rings. The average molecular weight is 594 g/mol. The van der Waals surface area contributed by atoms with Gasteiger partial charge in [0, 0.05) is 18.1 Å². The van der Waals surface area contributed by atoms with Crippen molar-refractivity contribution in [3.63, 3.8) is 0 Å². The lowest BCUT2D eigenvalue weighted by Gasteiger charge is -2.23. The van der Waals surface area contributed by atoms with Crippen LogP contribution >= 0.6 is 20.8 Å². The topological polar surface area (TPSA) is 3.24 Å². The van der Waals surface area contributed by atoms with E-state index in [2.05, 4.69) is 71.0 Å². The van der Waals surface area contributed by atoms with Crippen molar-refractivity contribution < 1.29 is 0 Å². The van der Waals surface area contributed by atoms with Gasteiger partial charge in [0.1, 0.15) is 0 Å². The van der Waals surface area contributed by atoms with Crippen molar-refractivity contribution in [1.29, 1.82) is 0 Å². The van der Waals surface area contributed by atoms with Crippen molar-refractivity contribution in [2.24, 2.45) is 29.6 Å². The third kappa shape index (κ3) is 22.0. The molecule has 0 radical (unpaired) electrons. The molecule has 2 fully saturated rings. The van der Waals surface area contributed by atoms with Gasteiger partial charge in [0.05, 0.1) is 0 Å². The highest BCUT2D eigenvalue weighted by Gasteiger charge is 2.27. The van der Waals surface area contributed by atoms with E-state index >= 15 is 0 Å². The average Bonchev–Trinajstić information content (AvgIpc) is 3.79. The molecule has 0 aliphatic heterocycles. The van der Waals surface area contributed by atoms with Gasteiger partial charge >= 0.3 is 0 Å². The first-order valence-corrected chi connectivity index (χ1v) is 19.1. The molecule has 40 heavy (non-hydrogen) atoms. The molecule has 2 saturated carbocycles. The molecule has 0 amide bonds. The molecule has 0 aromatic heterocycles. The van der Waals surface area contributed by atoms with Crippen LogP contribution in [-0.2, 0) is 0 Å². The van der Waals surface area contributed by atoms with Crippen LogP contribution in [0.2, 0.25) is 5.02 Å². The lowest BCUT2D eigenvalue weighted by atomic mass is 9.93. The molecule has 0 heterocycles. The van der Waals surface area contributed by atoms with Crippen LogP contribution in [0.1, 0.15) is 120 Å². The van der Waals surface area contributed by atoms with Crippen LogP contribution in [0.15, 0.2) is 41.3 Å². The van der Waals surface area contributed by atoms with Crippen LogP contribution in [0, 0.1) is 29.6 Å². The third-order valence-electron chi connectivity index (χ3n) is 7.61. The van der Waals surface area contributed by atoms with Crippen molar-refractivity contribution in [1.82, 2.24) is 4.90 Å². The molecule has 2 unspecified atom stereocenters. The summed E-state index contributed by atoms with van der Waals surface area (Å²) in [6, 6.07) is 7.71. The number of nitrogens with zero attached hydrogens (tertiary/aromatic N) is 1. The van der Waals surface area contributed by atoms with E-state index in [1.807, 2.05) is 38.1 Å². The molecular formula is C37H68ClNS. The zero-order valence-corrected chi connectivity index (χ0v) is 29.8. The number of benzene rings is 1. The van der Waals surface area contributed by atoms with Crippen LogP contribution in [0.4, 0.5) is 0 Å². The fourth-order valence-electron chi connectivity index (χ4n) is 4.84. The first-order chi connectivity index (χ1) is 18.8. The maximum Gasteiger partial charge on any atom is 0.0406 e. The number of rotatable bonds is 15. The quantitative estimate of drug-likeness (QED) is 0.144. The lowest BCUT2D eigenvalue weighted by molar-refractivity contribution is 0.235. The number of hydrogen-bond donors (Lipinski definition) is 0. The van der Waals surface area contributed by atoms with E-state index in [-0.39, 0.29) is 0 Å². The van der Waals surface area contributed by atoms with Crippen LogP contribution in [-0.4, -0.2) is 42.5 Å². The molecule has 2 atom stereocenters. The Bertz CT molecular complexity index is 858. The van der Waals surface area contributed by atoms with E-state index in [4.69, 9.17) is 11.6 Å². The first-order valence-electron chi connectivity index (χ1n) is 16.4. The molecule has 3 heteroatoms. The lowest BCUT2D eigenvalue weighted by Crippen LogP contribution is -2.30. The van der Waals surface area contributed by atoms with Crippen molar-refractivity contribution in [2.75, 3.05) is 25.9 Å². The molecule has 0 spiro atoms. The molecule has 1 nitrogen and oxygen atoms in total. The highest BCUT2D eigenvalue weighted by molar-refractivity contribution is 8.27. The highest BCUT2D eigenvalue weighted by atomic mass is 35.5. The molecule has 0 saturated heterocycles. The van der Waals surface area contributed by atoms with Crippen molar-refractivity contribution >= 4 is 32.5 Å². The minimum atomic E-state index is -1.08. The second kappa shape index (κ2) is 21.9. The molecule has 0 N–H and O–H groups in total. The van der Waals surface area contributed by atoms with Gasteiger partial charge in [-0.2, -0.15) is 9.21 Å². The van der Waals surface area contributed by atoms with Crippen molar-refractivity contribution in [3.8, 4) is 0 Å². The minimum absolute atomic E-state index is 0.761. The van der Waals surface area contributed by atoms with Crippen LogP contribution in [0.3, 0.4) is 0 Å². The summed E-state index contributed by atoms with van der Waals surface area (Å²) in [6.45, 7) is 25.8. The van der Waals surface area contributed by atoms with E-state index in [0.717, 1.165) is 34.6 Å². The maximum absolute atomic E-state index is 5.73. The number of hydrogen-bond acceptors (Lipinski definition) is 1. The SMILES string of the molecule is C=C(C)CCC(C)CCCC(C)C1CC1.C=S(=C)(C)c1ccc(Cl)cc1.CC.CCCN(CC(C)C)CC1CC1. The fraction of sp³-hybridized carbons (Fsp3) is 0.730. The van der Waals surface area contributed by atoms with Gasteiger partial charge in [0.2, 0.25) is 0 Å². The van der Waals surface area contributed by atoms with E-state index < -0.39 is 9.21 Å². The summed E-state index contributed by atoms with van der Waals surface area (Å²) < 4.78 is 0. The summed E-state index contributed by atoms with van der Waals surface area (Å²) in [5, 5.41) is 0.761. The van der Waals surface area contributed by atoms with Gasteiger partial charge in [0.15, 0.2) is 0 Å². The van der Waals surface area contributed by atoms with Gasteiger partial charge < -0.3 is 4.90 Å². The van der Waals surface area contributed by atoms with Gasteiger partial charge in [-0.05, 0) is 123 Å². The summed E-state index contributed by atoms with van der Waals surface area (Å²) >= 11 is 5.73. The van der Waals surface area contributed by atoms with E-state index in [0.29, 0.717) is 0 Å². The largest absolute Gasteiger partial charge is 0.303 e. The molecule has 234 valence electrons. The van der Waals surface area contributed by atoms with Crippen LogP contribution < -0.4 is 0 Å². The van der Waals surface area contributed by atoms with Crippen molar-refractivity contribution in [2.45, 2.75) is 124 Å². The Balaban J connectivity index is 0.000000559. The van der Waals surface area contributed by atoms with Crippen LogP contribution in [0.25, 0.3) is 0 Å². The van der Waals surface area contributed by atoms with Crippen molar-refractivity contribution in [3.05, 3.63) is 41.4 Å². The zero-order chi connectivity index (χ0) is 30.7. The summed E-state index contributed by atoms with van der Waals surface area (Å²) in [4.78, 5) is 3.82. The van der Waals surface area contributed by atoms with E-state index in [1.165, 1.54) is 94.3 Å².